The number of halogens is 4. The third kappa shape index (κ3) is 4.11. The van der Waals surface area contributed by atoms with Gasteiger partial charge in [-0.05, 0) is 43.6 Å². The van der Waals surface area contributed by atoms with Gasteiger partial charge in [-0.3, -0.25) is 0 Å². The quantitative estimate of drug-likeness (QED) is 0.517. The van der Waals surface area contributed by atoms with E-state index in [9.17, 15) is 13.2 Å². The highest BCUT2D eigenvalue weighted by atomic mass is 35.5. The van der Waals surface area contributed by atoms with Crippen LogP contribution in [0.5, 0.6) is 0 Å². The lowest BCUT2D eigenvalue weighted by atomic mass is 9.92. The summed E-state index contributed by atoms with van der Waals surface area (Å²) in [5, 5.41) is 16.4. The molecule has 6 rings (SSSR count). The molecule has 1 saturated heterocycles. The number of benzene rings is 1. The fraction of sp³-hybridized carbons (Fsp3) is 0.500. The van der Waals surface area contributed by atoms with Crippen LogP contribution in [0, 0.1) is 29.3 Å². The average molecular weight is 504 g/mol. The molecular weight excluding hydrogens is 479 g/mol. The fourth-order valence-electron chi connectivity index (χ4n) is 6.00. The summed E-state index contributed by atoms with van der Waals surface area (Å²) in [6, 6.07) is 4.37. The minimum atomic E-state index is -1.44. The number of aryl methyl sites for hydroxylation is 1. The highest BCUT2D eigenvalue weighted by molar-refractivity contribution is 6.29. The molecule has 1 aromatic carbocycles. The number of piperidine rings is 1. The van der Waals surface area contributed by atoms with Crippen molar-refractivity contribution in [3.8, 4) is 0 Å². The van der Waals surface area contributed by atoms with Crippen molar-refractivity contribution >= 4 is 23.2 Å². The number of nitrogens with zero attached hydrogens (tertiary/aromatic N) is 6. The van der Waals surface area contributed by atoms with Crippen LogP contribution in [0.1, 0.15) is 49.4 Å². The van der Waals surface area contributed by atoms with Gasteiger partial charge in [-0.1, -0.05) is 24.1 Å². The Morgan fingerprint density at radius 3 is 2.57 bits per heavy atom. The number of anilines is 2. The molecule has 3 aromatic rings. The Morgan fingerprint density at radius 1 is 1.00 bits per heavy atom. The SMILES string of the molecule is Fc1ccc([C@@H]2CCCCn3nc(N[C@@H]4[C@@H]5CC[C@H]4CN(c4cnnc(Cl)c4)C5)nc32)c(F)c1F. The highest BCUT2D eigenvalue weighted by Crippen LogP contribution is 2.41. The van der Waals surface area contributed by atoms with Crippen LogP contribution in [0.25, 0.3) is 0 Å². The van der Waals surface area contributed by atoms with Crippen molar-refractivity contribution in [3.05, 3.63) is 58.4 Å². The van der Waals surface area contributed by atoms with Crippen molar-refractivity contribution in [2.75, 3.05) is 23.3 Å². The Hall–Kier alpha value is -2.88. The lowest BCUT2D eigenvalue weighted by Crippen LogP contribution is -2.48. The Labute approximate surface area is 205 Å². The minimum Gasteiger partial charge on any atom is -0.369 e. The molecule has 4 heterocycles. The second-order valence-electron chi connectivity index (χ2n) is 9.74. The van der Waals surface area contributed by atoms with Crippen molar-refractivity contribution in [2.24, 2.45) is 11.8 Å². The summed E-state index contributed by atoms with van der Waals surface area (Å²) in [5.41, 5.74) is 1.10. The highest BCUT2D eigenvalue weighted by Gasteiger charge is 2.43. The van der Waals surface area contributed by atoms with Gasteiger partial charge in [-0.15, -0.1) is 10.2 Å². The van der Waals surface area contributed by atoms with Crippen molar-refractivity contribution < 1.29 is 13.2 Å². The Bertz CT molecular complexity index is 1240. The summed E-state index contributed by atoms with van der Waals surface area (Å²) in [4.78, 5) is 7.05. The zero-order chi connectivity index (χ0) is 24.1. The molecule has 0 spiro atoms. The van der Waals surface area contributed by atoms with Crippen molar-refractivity contribution in [2.45, 2.75) is 50.6 Å². The van der Waals surface area contributed by atoms with E-state index in [0.29, 0.717) is 41.7 Å². The minimum absolute atomic E-state index is 0.129. The normalized spacial score (nSPS) is 25.9. The fourth-order valence-corrected chi connectivity index (χ4v) is 6.16. The van der Waals surface area contributed by atoms with Crippen molar-refractivity contribution in [1.82, 2.24) is 25.0 Å². The van der Waals surface area contributed by atoms with E-state index in [4.69, 9.17) is 21.7 Å². The van der Waals surface area contributed by atoms with Crippen LogP contribution >= 0.6 is 11.6 Å². The van der Waals surface area contributed by atoms with E-state index >= 15 is 0 Å². The maximum absolute atomic E-state index is 14.7. The summed E-state index contributed by atoms with van der Waals surface area (Å²) < 4.78 is 44.0. The van der Waals surface area contributed by atoms with Gasteiger partial charge in [0.25, 0.3) is 0 Å². The third-order valence-corrected chi connectivity index (χ3v) is 7.85. The van der Waals surface area contributed by atoms with Gasteiger partial charge in [0, 0.05) is 43.2 Å². The lowest BCUT2D eigenvalue weighted by Gasteiger charge is -2.39. The third-order valence-electron chi connectivity index (χ3n) is 7.67. The van der Waals surface area contributed by atoms with E-state index in [0.717, 1.165) is 50.5 Å². The molecule has 0 radical (unpaired) electrons. The standard InChI is InChI=1S/C24H25ClF3N7/c25-19-9-15(10-29-32-19)34-11-13-4-5-14(12-34)22(13)30-24-31-23-17(3-1-2-8-35(23)33-24)16-6-7-18(26)21(28)20(16)27/h6-7,9-10,13-14,17,22H,1-5,8,11-12H2,(H,30,33)/t13-,14+,17-,22-/m0/s1. The Balaban J connectivity index is 1.24. The number of rotatable bonds is 4. The first kappa shape index (κ1) is 22.6. The van der Waals surface area contributed by atoms with E-state index in [1.165, 1.54) is 6.07 Å². The maximum Gasteiger partial charge on any atom is 0.242 e. The number of nitrogens with one attached hydrogen (secondary N) is 1. The molecule has 3 aliphatic rings. The molecule has 2 aliphatic heterocycles. The molecule has 35 heavy (non-hydrogen) atoms. The molecule has 7 nitrogen and oxygen atoms in total. The summed E-state index contributed by atoms with van der Waals surface area (Å²) in [6.45, 7) is 2.39. The molecule has 2 fully saturated rings. The first-order valence-electron chi connectivity index (χ1n) is 12.1. The van der Waals surface area contributed by atoms with Gasteiger partial charge in [0.2, 0.25) is 5.95 Å². The van der Waals surface area contributed by atoms with Gasteiger partial charge < -0.3 is 10.2 Å². The number of hydrogen-bond acceptors (Lipinski definition) is 6. The smallest absolute Gasteiger partial charge is 0.242 e. The summed E-state index contributed by atoms with van der Waals surface area (Å²) >= 11 is 6.04. The molecule has 184 valence electrons. The molecule has 2 bridgehead atoms. The zero-order valence-corrected chi connectivity index (χ0v) is 19.7. The van der Waals surface area contributed by atoms with Crippen molar-refractivity contribution in [3.63, 3.8) is 0 Å². The molecule has 2 aromatic heterocycles. The summed E-state index contributed by atoms with van der Waals surface area (Å²) in [7, 11) is 0. The van der Waals surface area contributed by atoms with E-state index < -0.39 is 23.4 Å². The van der Waals surface area contributed by atoms with E-state index in [-0.39, 0.29) is 11.6 Å². The van der Waals surface area contributed by atoms with E-state index in [1.54, 1.807) is 10.9 Å². The topological polar surface area (TPSA) is 71.8 Å². The van der Waals surface area contributed by atoms with Gasteiger partial charge in [-0.2, -0.15) is 10.1 Å². The molecule has 4 atom stereocenters. The number of hydrogen-bond donors (Lipinski definition) is 1. The molecule has 1 N–H and O–H groups in total. The van der Waals surface area contributed by atoms with Gasteiger partial charge in [0.1, 0.15) is 5.82 Å². The van der Waals surface area contributed by atoms with Crippen LogP contribution in [0.15, 0.2) is 24.4 Å². The van der Waals surface area contributed by atoms with E-state index in [1.807, 2.05) is 6.07 Å². The largest absolute Gasteiger partial charge is 0.369 e. The van der Waals surface area contributed by atoms with Gasteiger partial charge in [-0.25, -0.2) is 17.9 Å². The summed E-state index contributed by atoms with van der Waals surface area (Å²) in [6.07, 6.45) is 6.23. The first-order valence-corrected chi connectivity index (χ1v) is 12.4. The number of aromatic nitrogens is 5. The molecular formula is C24H25ClF3N7. The first-order chi connectivity index (χ1) is 17.0. The maximum atomic E-state index is 14.7. The second kappa shape index (κ2) is 8.96. The van der Waals surface area contributed by atoms with Gasteiger partial charge in [0.15, 0.2) is 22.6 Å². The Morgan fingerprint density at radius 2 is 1.80 bits per heavy atom. The molecule has 11 heteroatoms. The number of fused-ring (bicyclic) bond motifs is 3. The lowest BCUT2D eigenvalue weighted by molar-refractivity contribution is 0.376. The van der Waals surface area contributed by atoms with Crippen LogP contribution in [-0.2, 0) is 6.54 Å². The zero-order valence-electron chi connectivity index (χ0n) is 19.0. The van der Waals surface area contributed by atoms with Gasteiger partial charge >= 0.3 is 0 Å². The molecule has 1 aliphatic carbocycles. The molecule has 1 saturated carbocycles. The second-order valence-corrected chi connectivity index (χ2v) is 10.1. The van der Waals surface area contributed by atoms with Crippen molar-refractivity contribution in [1.29, 1.82) is 0 Å². The predicted molar refractivity (Wildman–Crippen MR) is 125 cm³/mol. The van der Waals surface area contributed by atoms with E-state index in [2.05, 4.69) is 20.4 Å². The summed E-state index contributed by atoms with van der Waals surface area (Å²) in [5.74, 6) is -2.32. The molecule has 0 amide bonds. The molecule has 0 unspecified atom stereocenters. The van der Waals surface area contributed by atoms with Crippen LogP contribution in [-0.4, -0.2) is 44.1 Å². The average Bonchev–Trinajstić information content (AvgIpc) is 3.25. The van der Waals surface area contributed by atoms with Crippen LogP contribution in [0.4, 0.5) is 24.8 Å². The predicted octanol–water partition coefficient (Wildman–Crippen LogP) is 4.78. The monoisotopic (exact) mass is 503 g/mol. The van der Waals surface area contributed by atoms with Gasteiger partial charge in [0.05, 0.1) is 11.9 Å². The van der Waals surface area contributed by atoms with Crippen LogP contribution in [0.3, 0.4) is 0 Å². The van der Waals surface area contributed by atoms with Crippen LogP contribution in [0.2, 0.25) is 5.15 Å². The van der Waals surface area contributed by atoms with Crippen LogP contribution < -0.4 is 10.2 Å². The Kier molecular flexibility index (Phi) is 5.78.